The number of amides is 1. The largest absolute Gasteiger partial charge is 0.524 e. The van der Waals surface area contributed by atoms with Gasteiger partial charge in [0.2, 0.25) is 5.91 Å². The lowest BCUT2D eigenvalue weighted by molar-refractivity contribution is -0.120. The molecule has 0 aliphatic carbocycles. The molecular formula is C19H26NO8P. The van der Waals surface area contributed by atoms with Gasteiger partial charge in [0.15, 0.2) is 5.75 Å². The Morgan fingerprint density at radius 3 is 2.59 bits per heavy atom. The van der Waals surface area contributed by atoms with Gasteiger partial charge >= 0.3 is 13.8 Å². The molecule has 0 saturated carbocycles. The second-order valence-electron chi connectivity index (χ2n) is 6.69. The van der Waals surface area contributed by atoms with Gasteiger partial charge in [-0.15, -0.1) is 0 Å². The molecule has 0 fully saturated rings. The van der Waals surface area contributed by atoms with Crippen LogP contribution in [-0.4, -0.2) is 35.3 Å². The van der Waals surface area contributed by atoms with Gasteiger partial charge in [0.05, 0.1) is 7.11 Å². The van der Waals surface area contributed by atoms with Crippen LogP contribution >= 0.6 is 7.82 Å². The molecule has 160 valence electrons. The number of cyclic esters (lactones) is 1. The molecule has 29 heavy (non-hydrogen) atoms. The first-order chi connectivity index (χ1) is 13.6. The number of nitrogens with one attached hydrogen (secondary N) is 1. The number of fused-ring (bicyclic) bond motifs is 1. The van der Waals surface area contributed by atoms with Gasteiger partial charge in [-0.25, -0.2) is 9.36 Å². The van der Waals surface area contributed by atoms with Crippen LogP contribution in [0.25, 0.3) is 0 Å². The summed E-state index contributed by atoms with van der Waals surface area (Å²) in [6, 6.07) is 0. The zero-order chi connectivity index (χ0) is 21.8. The summed E-state index contributed by atoms with van der Waals surface area (Å²) in [5.74, 6) is -0.615. The van der Waals surface area contributed by atoms with Crippen molar-refractivity contribution in [3.05, 3.63) is 33.9 Å². The van der Waals surface area contributed by atoms with Gasteiger partial charge in [0.1, 0.15) is 17.9 Å². The number of esters is 1. The van der Waals surface area contributed by atoms with Crippen LogP contribution in [0.4, 0.5) is 0 Å². The van der Waals surface area contributed by atoms with Crippen molar-refractivity contribution in [3.8, 4) is 11.5 Å². The molecule has 1 amide bonds. The summed E-state index contributed by atoms with van der Waals surface area (Å²) < 4.78 is 26.9. The molecule has 1 aliphatic rings. The number of carbonyl (C=O) groups is 2. The topological polar surface area (TPSA) is 131 Å². The number of rotatable bonds is 9. The molecule has 3 N–H and O–H groups in total. The van der Waals surface area contributed by atoms with E-state index in [9.17, 15) is 23.9 Å². The van der Waals surface area contributed by atoms with Crippen molar-refractivity contribution >= 4 is 19.7 Å². The van der Waals surface area contributed by atoms with Crippen LogP contribution in [0.3, 0.4) is 0 Å². The fraction of sp³-hybridized carbons (Fsp3) is 0.474. The van der Waals surface area contributed by atoms with Crippen molar-refractivity contribution in [1.29, 1.82) is 0 Å². The fourth-order valence-electron chi connectivity index (χ4n) is 3.20. The molecule has 0 atom stereocenters. The predicted octanol–water partition coefficient (Wildman–Crippen LogP) is 2.55. The minimum absolute atomic E-state index is 0.00926. The average Bonchev–Trinajstić information content (AvgIpc) is 3.02. The highest BCUT2D eigenvalue weighted by atomic mass is 31.2. The fourth-order valence-corrected chi connectivity index (χ4v) is 3.64. The lowest BCUT2D eigenvalue weighted by Crippen LogP contribution is -2.22. The number of phosphoric acid groups is 1. The predicted molar refractivity (Wildman–Crippen MR) is 105 cm³/mol. The van der Waals surface area contributed by atoms with E-state index in [-0.39, 0.29) is 30.2 Å². The maximum absolute atomic E-state index is 12.2. The van der Waals surface area contributed by atoms with E-state index in [1.54, 1.807) is 6.92 Å². The third-order valence-electron chi connectivity index (χ3n) is 4.61. The number of carbonyl (C=O) groups excluding carboxylic acids is 2. The summed E-state index contributed by atoms with van der Waals surface area (Å²) in [4.78, 5) is 42.5. The summed E-state index contributed by atoms with van der Waals surface area (Å²) in [5, 5.41) is 2.72. The molecule has 0 bridgehead atoms. The first-order valence-electron chi connectivity index (χ1n) is 9.15. The minimum atomic E-state index is -4.94. The minimum Gasteiger partial charge on any atom is -0.496 e. The quantitative estimate of drug-likeness (QED) is 0.311. The van der Waals surface area contributed by atoms with Crippen molar-refractivity contribution in [2.24, 2.45) is 0 Å². The Kier molecular flexibility index (Phi) is 7.46. The zero-order valence-electron chi connectivity index (χ0n) is 16.9. The smallest absolute Gasteiger partial charge is 0.496 e. The van der Waals surface area contributed by atoms with Crippen LogP contribution in [-0.2, 0) is 27.1 Å². The number of benzene rings is 1. The number of allylic oxidation sites excluding steroid dienone is 2. The molecule has 9 nitrogen and oxygen atoms in total. The van der Waals surface area contributed by atoms with E-state index in [4.69, 9.17) is 14.0 Å². The van der Waals surface area contributed by atoms with E-state index in [0.717, 1.165) is 5.57 Å². The Labute approximate surface area is 169 Å². The molecule has 0 saturated heterocycles. The van der Waals surface area contributed by atoms with Crippen LogP contribution in [0.1, 0.15) is 53.7 Å². The lowest BCUT2D eigenvalue weighted by atomic mass is 9.94. The van der Waals surface area contributed by atoms with Crippen LogP contribution in [0, 0.1) is 6.92 Å². The molecule has 1 aliphatic heterocycles. The van der Waals surface area contributed by atoms with Crippen molar-refractivity contribution in [2.75, 3.05) is 13.7 Å². The number of hydrogen-bond donors (Lipinski definition) is 3. The lowest BCUT2D eigenvalue weighted by Gasteiger charge is -2.19. The van der Waals surface area contributed by atoms with E-state index in [1.807, 2.05) is 19.9 Å². The number of hydrogen-bond acceptors (Lipinski definition) is 6. The molecule has 1 aromatic carbocycles. The average molecular weight is 427 g/mol. The highest BCUT2D eigenvalue weighted by Crippen LogP contribution is 2.48. The van der Waals surface area contributed by atoms with Gasteiger partial charge in [0, 0.05) is 24.1 Å². The van der Waals surface area contributed by atoms with E-state index in [0.29, 0.717) is 41.8 Å². The highest BCUT2D eigenvalue weighted by molar-refractivity contribution is 7.46. The molecule has 0 spiro atoms. The van der Waals surface area contributed by atoms with Crippen molar-refractivity contribution in [3.63, 3.8) is 0 Å². The third-order valence-corrected chi connectivity index (χ3v) is 5.03. The van der Waals surface area contributed by atoms with Crippen molar-refractivity contribution in [1.82, 2.24) is 5.32 Å². The first-order valence-corrected chi connectivity index (χ1v) is 10.7. The summed E-state index contributed by atoms with van der Waals surface area (Å²) in [6.07, 6.45) is 2.86. The van der Waals surface area contributed by atoms with Crippen LogP contribution in [0.2, 0.25) is 0 Å². The summed E-state index contributed by atoms with van der Waals surface area (Å²) in [5.41, 5.74) is 2.38. The maximum Gasteiger partial charge on any atom is 0.524 e. The van der Waals surface area contributed by atoms with Gasteiger partial charge in [-0.2, -0.15) is 0 Å². The number of ether oxygens (including phenoxy) is 2. The molecule has 0 aromatic heterocycles. The number of methoxy groups -OCH3 is 1. The van der Waals surface area contributed by atoms with E-state index < -0.39 is 13.8 Å². The van der Waals surface area contributed by atoms with Crippen LogP contribution < -0.4 is 14.6 Å². The standard InChI is InChI=1S/C19H26NO8P/c1-5-20-15(21)9-7-11(2)6-8-13-17(26-4)12(3)14-10-27-19(22)16(14)18(13)28-29(23,24)25/h6H,5,7-10H2,1-4H3,(H,20,21)(H2,23,24,25). The molecule has 1 aromatic rings. The molecule has 1 heterocycles. The number of phosphoric ester groups is 1. The Bertz CT molecular complexity index is 887. The van der Waals surface area contributed by atoms with Crippen molar-refractivity contribution in [2.45, 2.75) is 46.6 Å². The second kappa shape index (κ2) is 9.43. The first kappa shape index (κ1) is 22.9. The van der Waals surface area contributed by atoms with E-state index in [1.165, 1.54) is 7.11 Å². The van der Waals surface area contributed by atoms with Gasteiger partial charge in [-0.1, -0.05) is 11.6 Å². The van der Waals surface area contributed by atoms with Gasteiger partial charge in [-0.05, 0) is 39.2 Å². The molecular weight excluding hydrogens is 401 g/mol. The van der Waals surface area contributed by atoms with Gasteiger partial charge in [-0.3, -0.25) is 14.6 Å². The Morgan fingerprint density at radius 2 is 2.00 bits per heavy atom. The Balaban J connectivity index is 2.44. The summed E-state index contributed by atoms with van der Waals surface area (Å²) in [6.45, 7) is 5.98. The van der Waals surface area contributed by atoms with Crippen LogP contribution in [0.15, 0.2) is 11.6 Å². The molecule has 0 unspecified atom stereocenters. The monoisotopic (exact) mass is 427 g/mol. The van der Waals surface area contributed by atoms with E-state index >= 15 is 0 Å². The Hall–Kier alpha value is -2.35. The highest BCUT2D eigenvalue weighted by Gasteiger charge is 2.35. The van der Waals surface area contributed by atoms with Gasteiger partial charge in [0.25, 0.3) is 0 Å². The molecule has 0 radical (unpaired) electrons. The second-order valence-corrected chi connectivity index (χ2v) is 7.85. The van der Waals surface area contributed by atoms with Crippen LogP contribution in [0.5, 0.6) is 11.5 Å². The van der Waals surface area contributed by atoms with Crippen molar-refractivity contribution < 1.29 is 37.9 Å². The van der Waals surface area contributed by atoms with Gasteiger partial charge < -0.3 is 19.3 Å². The SMILES string of the molecule is CCNC(=O)CCC(C)=CCc1c(OC)c(C)c2c(c1OP(=O)(O)O)C(=O)OC2. The molecule has 10 heteroatoms. The maximum atomic E-state index is 12.2. The normalized spacial score (nSPS) is 13.7. The van der Waals surface area contributed by atoms with E-state index in [2.05, 4.69) is 5.32 Å². The zero-order valence-corrected chi connectivity index (χ0v) is 17.8. The Morgan fingerprint density at radius 1 is 1.31 bits per heavy atom. The summed E-state index contributed by atoms with van der Waals surface area (Å²) >= 11 is 0. The summed E-state index contributed by atoms with van der Waals surface area (Å²) in [7, 11) is -3.50. The molecule has 2 rings (SSSR count). The third kappa shape index (κ3) is 5.59.